The van der Waals surface area contributed by atoms with Crippen molar-refractivity contribution in [3.8, 4) is 0 Å². The summed E-state index contributed by atoms with van der Waals surface area (Å²) in [5.41, 5.74) is 1.80. The molecule has 0 spiro atoms. The average molecular weight is 202 g/mol. The van der Waals surface area contributed by atoms with Crippen molar-refractivity contribution in [3.63, 3.8) is 0 Å². The van der Waals surface area contributed by atoms with Crippen molar-refractivity contribution in [3.05, 3.63) is 29.1 Å². The van der Waals surface area contributed by atoms with Crippen molar-refractivity contribution in [2.75, 3.05) is 0 Å². The third-order valence-corrected chi connectivity index (χ3v) is 1.74. The molecule has 1 N–H and O–H groups in total. The SMILES string of the molecule is CCc1ccc(C(=O)O)c(C)n1.Cl. The second-order valence-corrected chi connectivity index (χ2v) is 2.59. The highest BCUT2D eigenvalue weighted by Crippen LogP contribution is 2.06. The predicted molar refractivity (Wildman–Crippen MR) is 52.6 cm³/mol. The maximum absolute atomic E-state index is 10.6. The first-order chi connectivity index (χ1) is 5.65. The molecule has 3 nitrogen and oxygen atoms in total. The first-order valence-electron chi connectivity index (χ1n) is 3.85. The lowest BCUT2D eigenvalue weighted by Gasteiger charge is -2.01. The third-order valence-electron chi connectivity index (χ3n) is 1.74. The summed E-state index contributed by atoms with van der Waals surface area (Å²) in [7, 11) is 0. The number of carboxylic acid groups (broad SMARTS) is 1. The van der Waals surface area contributed by atoms with E-state index in [9.17, 15) is 4.79 Å². The summed E-state index contributed by atoms with van der Waals surface area (Å²) < 4.78 is 0. The number of pyridine rings is 1. The van der Waals surface area contributed by atoms with E-state index in [1.807, 2.05) is 6.92 Å². The zero-order valence-corrected chi connectivity index (χ0v) is 8.39. The molecule has 0 saturated carbocycles. The van der Waals surface area contributed by atoms with Gasteiger partial charge in [-0.1, -0.05) is 6.92 Å². The molecule has 0 fully saturated rings. The summed E-state index contributed by atoms with van der Waals surface area (Å²) in [5.74, 6) is -0.914. The molecular weight excluding hydrogens is 190 g/mol. The second-order valence-electron chi connectivity index (χ2n) is 2.59. The Morgan fingerprint density at radius 1 is 1.54 bits per heavy atom. The fraction of sp³-hybridized carbons (Fsp3) is 0.333. The number of carboxylic acids is 1. The van der Waals surface area contributed by atoms with Crippen LogP contribution in [0.2, 0.25) is 0 Å². The van der Waals surface area contributed by atoms with E-state index in [2.05, 4.69) is 4.98 Å². The number of halogens is 1. The van der Waals surface area contributed by atoms with E-state index >= 15 is 0 Å². The summed E-state index contributed by atoms with van der Waals surface area (Å²) in [6.07, 6.45) is 0.834. The van der Waals surface area contributed by atoms with E-state index in [4.69, 9.17) is 5.11 Å². The van der Waals surface area contributed by atoms with Gasteiger partial charge in [0.25, 0.3) is 0 Å². The van der Waals surface area contributed by atoms with Crippen LogP contribution < -0.4 is 0 Å². The molecule has 0 unspecified atom stereocenters. The number of rotatable bonds is 2. The van der Waals surface area contributed by atoms with Gasteiger partial charge in [0.1, 0.15) is 0 Å². The molecule has 0 aliphatic rings. The normalized spacial score (nSPS) is 9.08. The van der Waals surface area contributed by atoms with Crippen LogP contribution in [0.15, 0.2) is 12.1 Å². The van der Waals surface area contributed by atoms with E-state index in [-0.39, 0.29) is 18.0 Å². The summed E-state index contributed by atoms with van der Waals surface area (Å²) in [6, 6.07) is 3.35. The van der Waals surface area contributed by atoms with Gasteiger partial charge >= 0.3 is 5.97 Å². The van der Waals surface area contributed by atoms with Crippen LogP contribution in [-0.4, -0.2) is 16.1 Å². The summed E-state index contributed by atoms with van der Waals surface area (Å²) >= 11 is 0. The number of hydrogen-bond donors (Lipinski definition) is 1. The molecule has 0 bridgehead atoms. The van der Waals surface area contributed by atoms with Gasteiger partial charge in [-0.15, -0.1) is 12.4 Å². The lowest BCUT2D eigenvalue weighted by Crippen LogP contribution is -2.02. The van der Waals surface area contributed by atoms with Crippen LogP contribution in [0.5, 0.6) is 0 Å². The summed E-state index contributed by atoms with van der Waals surface area (Å²) in [5, 5.41) is 8.69. The first kappa shape index (κ1) is 11.9. The van der Waals surface area contributed by atoms with Crippen LogP contribution in [0.3, 0.4) is 0 Å². The zero-order valence-electron chi connectivity index (χ0n) is 7.57. The highest BCUT2D eigenvalue weighted by Gasteiger charge is 2.07. The first-order valence-corrected chi connectivity index (χ1v) is 3.85. The number of nitrogens with zero attached hydrogens (tertiary/aromatic N) is 1. The molecule has 13 heavy (non-hydrogen) atoms. The van der Waals surface area contributed by atoms with E-state index in [0.717, 1.165) is 12.1 Å². The molecule has 0 aliphatic carbocycles. The van der Waals surface area contributed by atoms with Gasteiger partial charge in [-0.2, -0.15) is 0 Å². The average Bonchev–Trinajstić information content (AvgIpc) is 2.03. The van der Waals surface area contributed by atoms with E-state index in [1.54, 1.807) is 19.1 Å². The van der Waals surface area contributed by atoms with Crippen molar-refractivity contribution >= 4 is 18.4 Å². The minimum Gasteiger partial charge on any atom is -0.478 e. The van der Waals surface area contributed by atoms with Gasteiger partial charge < -0.3 is 5.11 Å². The number of carbonyl (C=O) groups is 1. The lowest BCUT2D eigenvalue weighted by molar-refractivity contribution is 0.0695. The number of hydrogen-bond acceptors (Lipinski definition) is 2. The van der Waals surface area contributed by atoms with E-state index in [0.29, 0.717) is 5.69 Å². The minimum atomic E-state index is -0.914. The standard InChI is InChI=1S/C9H11NO2.ClH/c1-3-7-4-5-8(9(11)12)6(2)10-7;/h4-5H,3H2,1-2H3,(H,11,12);1H. The highest BCUT2D eigenvalue weighted by atomic mass is 35.5. The van der Waals surface area contributed by atoms with Crippen LogP contribution in [0.25, 0.3) is 0 Å². The molecule has 0 amide bonds. The Morgan fingerprint density at radius 3 is 2.54 bits per heavy atom. The number of aromatic carboxylic acids is 1. The Balaban J connectivity index is 0.00000144. The Labute approximate surface area is 83.2 Å². The quantitative estimate of drug-likeness (QED) is 0.797. The Hall–Kier alpha value is -1.09. The van der Waals surface area contributed by atoms with Crippen molar-refractivity contribution in [1.29, 1.82) is 0 Å². The largest absolute Gasteiger partial charge is 0.478 e. The van der Waals surface area contributed by atoms with Gasteiger partial charge in [0, 0.05) is 5.69 Å². The molecule has 1 heterocycles. The lowest BCUT2D eigenvalue weighted by atomic mass is 10.2. The smallest absolute Gasteiger partial charge is 0.337 e. The molecule has 1 aromatic rings. The van der Waals surface area contributed by atoms with Crippen molar-refractivity contribution in [2.45, 2.75) is 20.3 Å². The van der Waals surface area contributed by atoms with Gasteiger partial charge in [-0.3, -0.25) is 4.98 Å². The van der Waals surface area contributed by atoms with Crippen molar-refractivity contribution < 1.29 is 9.90 Å². The molecule has 72 valence electrons. The maximum Gasteiger partial charge on any atom is 0.337 e. The Morgan fingerprint density at radius 2 is 2.15 bits per heavy atom. The Bertz CT molecular complexity index is 312. The summed E-state index contributed by atoms with van der Waals surface area (Å²) in [4.78, 5) is 14.7. The van der Waals surface area contributed by atoms with Gasteiger partial charge in [0.2, 0.25) is 0 Å². The van der Waals surface area contributed by atoms with Gasteiger partial charge in [-0.25, -0.2) is 4.79 Å². The fourth-order valence-corrected chi connectivity index (χ4v) is 1.04. The molecular formula is C9H12ClNO2. The van der Waals surface area contributed by atoms with Crippen molar-refractivity contribution in [1.82, 2.24) is 4.98 Å². The van der Waals surface area contributed by atoms with Crippen LogP contribution in [0.4, 0.5) is 0 Å². The minimum absolute atomic E-state index is 0. The highest BCUT2D eigenvalue weighted by molar-refractivity contribution is 5.88. The molecule has 0 saturated heterocycles. The maximum atomic E-state index is 10.6. The third kappa shape index (κ3) is 2.70. The zero-order chi connectivity index (χ0) is 9.14. The monoisotopic (exact) mass is 201 g/mol. The van der Waals surface area contributed by atoms with E-state index in [1.165, 1.54) is 0 Å². The topological polar surface area (TPSA) is 50.2 Å². The molecule has 0 radical (unpaired) electrons. The van der Waals surface area contributed by atoms with Crippen LogP contribution in [0, 0.1) is 6.92 Å². The predicted octanol–water partition coefficient (Wildman–Crippen LogP) is 2.07. The van der Waals surface area contributed by atoms with Crippen molar-refractivity contribution in [2.24, 2.45) is 0 Å². The van der Waals surface area contributed by atoms with E-state index < -0.39 is 5.97 Å². The fourth-order valence-electron chi connectivity index (χ4n) is 1.04. The van der Waals surface area contributed by atoms with Crippen LogP contribution in [-0.2, 0) is 6.42 Å². The summed E-state index contributed by atoms with van der Waals surface area (Å²) in [6.45, 7) is 3.70. The van der Waals surface area contributed by atoms with Crippen LogP contribution >= 0.6 is 12.4 Å². The molecule has 0 aliphatic heterocycles. The molecule has 0 atom stereocenters. The Kier molecular flexibility index (Phi) is 4.42. The molecule has 0 aromatic carbocycles. The van der Waals surface area contributed by atoms with Gasteiger partial charge in [0.15, 0.2) is 0 Å². The number of aryl methyl sites for hydroxylation is 2. The molecule has 4 heteroatoms. The van der Waals surface area contributed by atoms with Crippen LogP contribution in [0.1, 0.15) is 28.7 Å². The molecule has 1 aromatic heterocycles. The molecule has 1 rings (SSSR count). The number of aromatic nitrogens is 1. The van der Waals surface area contributed by atoms with Gasteiger partial charge in [0.05, 0.1) is 11.3 Å². The second kappa shape index (κ2) is 4.82. The van der Waals surface area contributed by atoms with Gasteiger partial charge in [-0.05, 0) is 25.5 Å².